The second kappa shape index (κ2) is 8.62. The minimum absolute atomic E-state index is 0.356. The number of rotatable bonds is 4. The smallest absolute Gasteiger partial charge is 0.378 e. The van der Waals surface area contributed by atoms with E-state index in [1.807, 2.05) is 0 Å². The van der Waals surface area contributed by atoms with Crippen molar-refractivity contribution in [3.63, 3.8) is 0 Å². The Hall–Kier alpha value is -2.01. The highest BCUT2D eigenvalue weighted by Crippen LogP contribution is 2.38. The standard InChI is InChI=1S/C19H26F3N3O4S/c1-24(16-4-3-5-17(16)30(2,27)28)18(26)23-15-7-6-13(12-14(15)19(20,21)22)25-8-10-29-11-9-25/h6-7,12,16-17H,3-5,8-11H2,1-2H3,(H,23,26). The lowest BCUT2D eigenvalue weighted by molar-refractivity contribution is -0.136. The highest BCUT2D eigenvalue weighted by molar-refractivity contribution is 7.91. The van der Waals surface area contributed by atoms with E-state index >= 15 is 0 Å². The van der Waals surface area contributed by atoms with Gasteiger partial charge in [0.25, 0.3) is 0 Å². The largest absolute Gasteiger partial charge is 0.418 e. The van der Waals surface area contributed by atoms with Crippen molar-refractivity contribution in [2.24, 2.45) is 0 Å². The van der Waals surface area contributed by atoms with Crippen molar-refractivity contribution in [2.75, 3.05) is 49.8 Å². The molecule has 1 aliphatic carbocycles. The molecule has 0 radical (unpaired) electrons. The fraction of sp³-hybridized carbons (Fsp3) is 0.632. The highest BCUT2D eigenvalue weighted by Gasteiger charge is 2.40. The molecule has 0 bridgehead atoms. The van der Waals surface area contributed by atoms with E-state index in [1.54, 1.807) is 4.90 Å². The summed E-state index contributed by atoms with van der Waals surface area (Å²) in [6, 6.07) is 2.46. The summed E-state index contributed by atoms with van der Waals surface area (Å²) in [5, 5.41) is 1.62. The lowest BCUT2D eigenvalue weighted by Gasteiger charge is -2.31. The van der Waals surface area contributed by atoms with Gasteiger partial charge in [0, 0.05) is 38.1 Å². The molecule has 2 amide bonds. The van der Waals surface area contributed by atoms with Crippen LogP contribution in [0.15, 0.2) is 18.2 Å². The van der Waals surface area contributed by atoms with Gasteiger partial charge in [0.15, 0.2) is 9.84 Å². The Labute approximate surface area is 174 Å². The van der Waals surface area contributed by atoms with Crippen LogP contribution in [0, 0.1) is 0 Å². The van der Waals surface area contributed by atoms with Crippen molar-refractivity contribution in [3.8, 4) is 0 Å². The van der Waals surface area contributed by atoms with Gasteiger partial charge in [-0.2, -0.15) is 13.2 Å². The second-order valence-corrected chi connectivity index (χ2v) is 10.00. The van der Waals surface area contributed by atoms with E-state index in [0.717, 1.165) is 12.3 Å². The maximum absolute atomic E-state index is 13.7. The number of amides is 2. The third-order valence-corrected chi connectivity index (χ3v) is 7.36. The second-order valence-electron chi connectivity index (χ2n) is 7.73. The number of carbonyl (C=O) groups excluding carboxylic acids is 1. The van der Waals surface area contributed by atoms with Crippen LogP contribution in [0.4, 0.5) is 29.3 Å². The molecule has 1 N–H and O–H groups in total. The molecule has 11 heteroatoms. The first-order valence-electron chi connectivity index (χ1n) is 9.75. The Balaban J connectivity index is 1.81. The number of sulfone groups is 1. The monoisotopic (exact) mass is 449 g/mol. The van der Waals surface area contributed by atoms with E-state index < -0.39 is 38.9 Å². The number of hydrogen-bond donors (Lipinski definition) is 1. The number of carbonyl (C=O) groups is 1. The molecule has 2 unspecified atom stereocenters. The fourth-order valence-electron chi connectivity index (χ4n) is 4.10. The van der Waals surface area contributed by atoms with E-state index in [9.17, 15) is 26.4 Å². The van der Waals surface area contributed by atoms with E-state index in [0.29, 0.717) is 51.3 Å². The zero-order chi connectivity index (χ0) is 22.1. The normalized spacial score (nSPS) is 22.8. The molecule has 0 aromatic heterocycles. The molecule has 1 heterocycles. The van der Waals surface area contributed by atoms with Gasteiger partial charge in [-0.05, 0) is 37.5 Å². The summed E-state index contributed by atoms with van der Waals surface area (Å²) >= 11 is 0. The van der Waals surface area contributed by atoms with Gasteiger partial charge in [-0.1, -0.05) is 0 Å². The van der Waals surface area contributed by atoms with Crippen LogP contribution < -0.4 is 10.2 Å². The zero-order valence-electron chi connectivity index (χ0n) is 16.9. The Morgan fingerprint density at radius 2 is 1.90 bits per heavy atom. The maximum atomic E-state index is 13.7. The number of nitrogens with one attached hydrogen (secondary N) is 1. The highest BCUT2D eigenvalue weighted by atomic mass is 32.2. The first-order valence-corrected chi connectivity index (χ1v) is 11.7. The number of urea groups is 1. The van der Waals surface area contributed by atoms with Gasteiger partial charge in [0.2, 0.25) is 0 Å². The van der Waals surface area contributed by atoms with Gasteiger partial charge in [0.1, 0.15) is 0 Å². The van der Waals surface area contributed by atoms with Gasteiger partial charge in [-0.3, -0.25) is 0 Å². The quantitative estimate of drug-likeness (QED) is 0.765. The third kappa shape index (κ3) is 5.00. The molecule has 1 saturated carbocycles. The van der Waals surface area contributed by atoms with E-state index in [1.165, 1.54) is 24.1 Å². The van der Waals surface area contributed by atoms with Gasteiger partial charge in [0.05, 0.1) is 29.7 Å². The van der Waals surface area contributed by atoms with Crippen LogP contribution >= 0.6 is 0 Å². The van der Waals surface area contributed by atoms with Crippen LogP contribution in [0.1, 0.15) is 24.8 Å². The molecule has 168 valence electrons. The summed E-state index contributed by atoms with van der Waals surface area (Å²) in [6.45, 7) is 1.85. The molecule has 30 heavy (non-hydrogen) atoms. The molecule has 0 spiro atoms. The van der Waals surface area contributed by atoms with Crippen LogP contribution in [-0.2, 0) is 20.8 Å². The third-order valence-electron chi connectivity index (χ3n) is 5.71. The summed E-state index contributed by atoms with van der Waals surface area (Å²) in [5.41, 5.74) is -0.894. The first kappa shape index (κ1) is 22.7. The minimum Gasteiger partial charge on any atom is -0.378 e. The van der Waals surface area contributed by atoms with Gasteiger partial charge < -0.3 is 19.9 Å². The average Bonchev–Trinajstić information content (AvgIpc) is 3.18. The molecule has 1 saturated heterocycles. The van der Waals surface area contributed by atoms with Crippen molar-refractivity contribution in [1.82, 2.24) is 4.90 Å². The predicted octanol–water partition coefficient (Wildman–Crippen LogP) is 2.97. The number of hydrogen-bond acceptors (Lipinski definition) is 5. The van der Waals surface area contributed by atoms with E-state index in [-0.39, 0.29) is 5.69 Å². The van der Waals surface area contributed by atoms with Crippen LogP contribution in [0.5, 0.6) is 0 Å². The molecule has 2 aliphatic rings. The SMILES string of the molecule is CN(C(=O)Nc1ccc(N2CCOCC2)cc1C(F)(F)F)C1CCCC1S(C)(=O)=O. The molecule has 3 rings (SSSR count). The minimum atomic E-state index is -4.66. The van der Waals surface area contributed by atoms with Gasteiger partial charge >= 0.3 is 12.2 Å². The summed E-state index contributed by atoms with van der Waals surface area (Å²) in [7, 11) is -1.95. The average molecular weight is 449 g/mol. The van der Waals surface area contributed by atoms with Crippen molar-refractivity contribution in [2.45, 2.75) is 36.7 Å². The van der Waals surface area contributed by atoms with Crippen molar-refractivity contribution in [1.29, 1.82) is 0 Å². The van der Waals surface area contributed by atoms with Gasteiger partial charge in [-0.15, -0.1) is 0 Å². The van der Waals surface area contributed by atoms with Gasteiger partial charge in [-0.25, -0.2) is 13.2 Å². The van der Waals surface area contributed by atoms with E-state index in [4.69, 9.17) is 4.74 Å². The number of halogens is 3. The first-order chi connectivity index (χ1) is 14.0. The summed E-state index contributed by atoms with van der Waals surface area (Å²) < 4.78 is 70.2. The summed E-state index contributed by atoms with van der Waals surface area (Å²) in [4.78, 5) is 15.7. The van der Waals surface area contributed by atoms with Crippen molar-refractivity contribution < 1.29 is 31.1 Å². The maximum Gasteiger partial charge on any atom is 0.418 e. The lowest BCUT2D eigenvalue weighted by Crippen LogP contribution is -2.46. The number of ether oxygens (including phenoxy) is 1. The van der Waals surface area contributed by atoms with Crippen LogP contribution in [0.25, 0.3) is 0 Å². The number of morpholine rings is 1. The Kier molecular flexibility index (Phi) is 6.51. The van der Waals surface area contributed by atoms with Crippen molar-refractivity contribution in [3.05, 3.63) is 23.8 Å². The molecule has 2 atom stereocenters. The van der Waals surface area contributed by atoms with Crippen LogP contribution in [-0.4, -0.2) is 70.2 Å². The molecular weight excluding hydrogens is 423 g/mol. The van der Waals surface area contributed by atoms with E-state index in [2.05, 4.69) is 5.32 Å². The Bertz CT molecular complexity index is 886. The number of alkyl halides is 3. The Morgan fingerprint density at radius 3 is 2.50 bits per heavy atom. The molecule has 1 aromatic rings. The number of benzene rings is 1. The lowest BCUT2D eigenvalue weighted by atomic mass is 10.1. The summed E-state index contributed by atoms with van der Waals surface area (Å²) in [6.07, 6.45) is -1.98. The van der Waals surface area contributed by atoms with Crippen LogP contribution in [0.3, 0.4) is 0 Å². The molecule has 2 fully saturated rings. The number of anilines is 2. The fourth-order valence-corrected chi connectivity index (χ4v) is 5.58. The molecule has 1 aliphatic heterocycles. The number of nitrogens with zero attached hydrogens (tertiary/aromatic N) is 2. The van der Waals surface area contributed by atoms with Crippen LogP contribution in [0.2, 0.25) is 0 Å². The van der Waals surface area contributed by atoms with Crippen molar-refractivity contribution >= 4 is 27.2 Å². The summed E-state index contributed by atoms with van der Waals surface area (Å²) in [5.74, 6) is 0. The molecule has 7 nitrogen and oxygen atoms in total. The predicted molar refractivity (Wildman–Crippen MR) is 108 cm³/mol. The Morgan fingerprint density at radius 1 is 1.23 bits per heavy atom. The molecular formula is C19H26F3N3O4S. The topological polar surface area (TPSA) is 79.0 Å². The molecule has 1 aromatic carbocycles. The zero-order valence-corrected chi connectivity index (χ0v) is 17.7.